The van der Waals surface area contributed by atoms with Crippen molar-refractivity contribution in [3.8, 4) is 6.07 Å². The van der Waals surface area contributed by atoms with Crippen LogP contribution < -0.4 is 0 Å². The summed E-state index contributed by atoms with van der Waals surface area (Å²) in [6, 6.07) is 2.22. The summed E-state index contributed by atoms with van der Waals surface area (Å²) in [5, 5.41) is 15.3. The van der Waals surface area contributed by atoms with Crippen LogP contribution in [0.1, 0.15) is 98.8 Å². The molecule has 3 saturated carbocycles. The van der Waals surface area contributed by atoms with Gasteiger partial charge in [0.1, 0.15) is 0 Å². The fraction of sp³-hybridized carbons (Fsp3) is 0.857. The van der Waals surface area contributed by atoms with Gasteiger partial charge in [-0.15, -0.1) is 0 Å². The Balaban J connectivity index is 1.79. The molecule has 0 spiro atoms. The van der Waals surface area contributed by atoms with Crippen molar-refractivity contribution in [2.45, 2.75) is 98.8 Å². The second-order valence-electron chi connectivity index (χ2n) is 11.1. The fourth-order valence-corrected chi connectivity index (χ4v) is 8.75. The molecule has 0 amide bonds. The van der Waals surface area contributed by atoms with Crippen molar-refractivity contribution in [1.29, 1.82) is 5.26 Å². The number of hydrogen-bond donors (Lipinski definition) is 0. The summed E-state index contributed by atoms with van der Waals surface area (Å²) in [6.07, 6.45) is 16.1. The van der Waals surface area contributed by atoms with Crippen molar-refractivity contribution < 1.29 is 0 Å². The van der Waals surface area contributed by atoms with Gasteiger partial charge in [-0.1, -0.05) is 47.0 Å². The van der Waals surface area contributed by atoms with E-state index in [0.29, 0.717) is 16.9 Å². The first-order chi connectivity index (χ1) is 14.9. The van der Waals surface area contributed by atoms with E-state index in [1.54, 1.807) is 0 Å². The Hall–Kier alpha value is -1.30. The molecule has 3 heteroatoms. The van der Waals surface area contributed by atoms with Gasteiger partial charge < -0.3 is 0 Å². The first kappa shape index (κ1) is 24.3. The molecule has 0 heterocycles. The number of nitrogens with zero attached hydrogens (tertiary/aromatic N) is 3. The Morgan fingerprint density at radius 1 is 1.19 bits per heavy atom. The van der Waals surface area contributed by atoms with Gasteiger partial charge in [-0.2, -0.15) is 10.4 Å². The highest BCUT2D eigenvalue weighted by atomic mass is 15.4. The maximum atomic E-state index is 9.16. The zero-order chi connectivity index (χ0) is 22.6. The molecule has 174 valence electrons. The van der Waals surface area contributed by atoms with Gasteiger partial charge >= 0.3 is 0 Å². The smallest absolute Gasteiger partial charge is 0.0960 e. The first-order valence-corrected chi connectivity index (χ1v) is 13.3. The molecule has 3 rings (SSSR count). The Morgan fingerprint density at radius 2 is 1.97 bits per heavy atom. The molecule has 8 atom stereocenters. The van der Waals surface area contributed by atoms with Crippen molar-refractivity contribution in [3.63, 3.8) is 0 Å². The van der Waals surface area contributed by atoms with Crippen LogP contribution in [0.3, 0.4) is 0 Å². The third-order valence-corrected chi connectivity index (χ3v) is 9.97. The fourth-order valence-electron chi connectivity index (χ4n) is 8.75. The minimum atomic E-state index is 0.525. The molecule has 0 aromatic carbocycles. The molecule has 0 saturated heterocycles. The van der Waals surface area contributed by atoms with E-state index < -0.39 is 0 Å². The largest absolute Gasteiger partial charge is 0.272 e. The summed E-state index contributed by atoms with van der Waals surface area (Å²) in [5.41, 5.74) is 1.22. The van der Waals surface area contributed by atoms with Gasteiger partial charge in [0.25, 0.3) is 0 Å². The van der Waals surface area contributed by atoms with Crippen LogP contribution >= 0.6 is 0 Å². The summed E-state index contributed by atoms with van der Waals surface area (Å²) in [5.74, 6) is 6.21. The van der Waals surface area contributed by atoms with E-state index in [2.05, 4.69) is 45.6 Å². The standard InChI is InChI=1S/C28H47N3/c1-7-10-23-22(8-2)11-12-25-24(23)15-16-28(9-3)26(13-14-27(25)28)21(5)19-31(30-6)18-20(4)17-29/h18,21-27H,6-16,19H2,1-5H3/b20-18+. The molecular weight excluding hydrogens is 378 g/mol. The van der Waals surface area contributed by atoms with Crippen LogP contribution in [0.25, 0.3) is 0 Å². The van der Waals surface area contributed by atoms with Crippen LogP contribution in [-0.2, 0) is 0 Å². The molecule has 0 N–H and O–H groups in total. The average molecular weight is 426 g/mol. The summed E-state index contributed by atoms with van der Waals surface area (Å²) in [4.78, 5) is 0. The molecule has 0 radical (unpaired) electrons. The molecule has 8 unspecified atom stereocenters. The third kappa shape index (κ3) is 4.60. The number of nitriles is 1. The van der Waals surface area contributed by atoms with E-state index in [-0.39, 0.29) is 0 Å². The predicted octanol–water partition coefficient (Wildman–Crippen LogP) is 7.65. The monoisotopic (exact) mass is 425 g/mol. The molecule has 3 aliphatic carbocycles. The lowest BCUT2D eigenvalue weighted by molar-refractivity contribution is -0.0738. The maximum absolute atomic E-state index is 9.16. The van der Waals surface area contributed by atoms with E-state index in [4.69, 9.17) is 5.26 Å². The zero-order valence-electron chi connectivity index (χ0n) is 20.9. The van der Waals surface area contributed by atoms with Crippen molar-refractivity contribution in [1.82, 2.24) is 5.01 Å². The molecule has 0 aliphatic heterocycles. The Morgan fingerprint density at radius 3 is 2.58 bits per heavy atom. The van der Waals surface area contributed by atoms with E-state index in [1.807, 2.05) is 18.1 Å². The van der Waals surface area contributed by atoms with E-state index in [9.17, 15) is 0 Å². The quantitative estimate of drug-likeness (QED) is 0.216. The van der Waals surface area contributed by atoms with E-state index in [1.165, 1.54) is 64.2 Å². The van der Waals surface area contributed by atoms with Crippen LogP contribution in [0.5, 0.6) is 0 Å². The summed E-state index contributed by atoms with van der Waals surface area (Å²) >= 11 is 0. The van der Waals surface area contributed by atoms with E-state index in [0.717, 1.165) is 42.1 Å². The second-order valence-corrected chi connectivity index (χ2v) is 11.1. The summed E-state index contributed by atoms with van der Waals surface area (Å²) < 4.78 is 0. The van der Waals surface area contributed by atoms with Crippen LogP contribution in [0, 0.1) is 58.2 Å². The van der Waals surface area contributed by atoms with Gasteiger partial charge in [0.15, 0.2) is 0 Å². The normalized spacial score (nSPS) is 38.6. The van der Waals surface area contributed by atoms with Gasteiger partial charge in [-0.25, -0.2) is 0 Å². The molecule has 0 aromatic heterocycles. The molecule has 3 fully saturated rings. The number of hydrogen-bond acceptors (Lipinski definition) is 3. The SMILES string of the molecule is C=NN(/C=C(\C)C#N)CC(C)C1CCC2C3CCC(CC)C(CCC)C3CCC12CC. The minimum absolute atomic E-state index is 0.525. The Labute approximate surface area is 192 Å². The minimum Gasteiger partial charge on any atom is -0.272 e. The van der Waals surface area contributed by atoms with Gasteiger partial charge in [0.05, 0.1) is 6.07 Å². The van der Waals surface area contributed by atoms with Crippen molar-refractivity contribution in [2.24, 2.45) is 51.9 Å². The highest BCUT2D eigenvalue weighted by Crippen LogP contribution is 2.66. The van der Waals surface area contributed by atoms with Gasteiger partial charge in [0.2, 0.25) is 0 Å². The summed E-state index contributed by atoms with van der Waals surface area (Å²) in [7, 11) is 0. The molecular formula is C28H47N3. The van der Waals surface area contributed by atoms with Crippen LogP contribution in [0.2, 0.25) is 0 Å². The molecule has 0 aromatic rings. The maximum Gasteiger partial charge on any atom is 0.0960 e. The lowest BCUT2D eigenvalue weighted by Gasteiger charge is -2.56. The predicted molar refractivity (Wildman–Crippen MR) is 131 cm³/mol. The van der Waals surface area contributed by atoms with Crippen molar-refractivity contribution in [2.75, 3.05) is 6.54 Å². The number of rotatable bonds is 9. The zero-order valence-corrected chi connectivity index (χ0v) is 20.9. The van der Waals surface area contributed by atoms with Gasteiger partial charge in [0, 0.05) is 25.0 Å². The second kappa shape index (κ2) is 10.5. The summed E-state index contributed by atoms with van der Waals surface area (Å²) in [6.45, 7) is 16.2. The van der Waals surface area contributed by atoms with Crippen LogP contribution in [0.15, 0.2) is 16.9 Å². The van der Waals surface area contributed by atoms with Crippen LogP contribution in [-0.4, -0.2) is 18.3 Å². The highest BCUT2D eigenvalue weighted by molar-refractivity contribution is 5.24. The van der Waals surface area contributed by atoms with Crippen molar-refractivity contribution in [3.05, 3.63) is 11.8 Å². The third-order valence-electron chi connectivity index (χ3n) is 9.97. The Bertz CT molecular complexity index is 676. The highest BCUT2D eigenvalue weighted by Gasteiger charge is 2.58. The Kier molecular flexibility index (Phi) is 8.28. The molecule has 3 nitrogen and oxygen atoms in total. The van der Waals surface area contributed by atoms with Gasteiger partial charge in [-0.05, 0) is 98.7 Å². The number of hydrazone groups is 1. The van der Waals surface area contributed by atoms with E-state index >= 15 is 0 Å². The number of allylic oxidation sites excluding steroid dienone is 1. The molecule has 3 aliphatic rings. The van der Waals surface area contributed by atoms with Crippen molar-refractivity contribution >= 4 is 6.72 Å². The first-order valence-electron chi connectivity index (χ1n) is 13.3. The number of fused-ring (bicyclic) bond motifs is 3. The lowest BCUT2D eigenvalue weighted by atomic mass is 9.49. The average Bonchev–Trinajstić information content (AvgIpc) is 3.19. The van der Waals surface area contributed by atoms with Crippen LogP contribution in [0.4, 0.5) is 0 Å². The molecule has 0 bridgehead atoms. The molecule has 31 heavy (non-hydrogen) atoms. The lowest BCUT2D eigenvalue weighted by Crippen LogP contribution is -2.49. The van der Waals surface area contributed by atoms with Gasteiger partial charge in [-0.3, -0.25) is 5.01 Å². The topological polar surface area (TPSA) is 39.4 Å².